The van der Waals surface area contributed by atoms with Gasteiger partial charge in [0.15, 0.2) is 12.2 Å². The molecule has 6 N–H and O–H groups in total. The van der Waals surface area contributed by atoms with Crippen molar-refractivity contribution in [2.45, 2.75) is 24.4 Å². The monoisotopic (exact) mass is 364 g/mol. The fourth-order valence-electron chi connectivity index (χ4n) is 1.63. The third-order valence-corrected chi connectivity index (χ3v) is 2.92. The van der Waals surface area contributed by atoms with E-state index in [1.54, 1.807) is 0 Å². The number of carbonyl (C=O) groups is 2. The van der Waals surface area contributed by atoms with Crippen LogP contribution in [0.1, 0.15) is 0 Å². The summed E-state index contributed by atoms with van der Waals surface area (Å²) < 4.78 is 8.51. The van der Waals surface area contributed by atoms with Crippen molar-refractivity contribution in [1.29, 1.82) is 0 Å². The Balaban J connectivity index is 0. The van der Waals surface area contributed by atoms with E-state index in [9.17, 15) is 19.8 Å². The smallest absolute Gasteiger partial charge is 0.865 e. The summed E-state index contributed by atoms with van der Waals surface area (Å²) in [4.78, 5) is 20.9. The van der Waals surface area contributed by atoms with Crippen molar-refractivity contribution in [2.24, 2.45) is 0 Å². The fourth-order valence-corrected chi connectivity index (χ4v) is 1.63. The molecule has 26 heavy (non-hydrogen) atoms. The Morgan fingerprint density at radius 1 is 0.808 bits per heavy atom. The minimum atomic E-state index is -1.46. The van der Waals surface area contributed by atoms with Crippen molar-refractivity contribution in [3.8, 4) is 0 Å². The quantitative estimate of drug-likeness (QED) is 0.202. The van der Waals surface area contributed by atoms with E-state index in [1.807, 2.05) is 0 Å². The summed E-state index contributed by atoms with van der Waals surface area (Å²) >= 11 is 0. The van der Waals surface area contributed by atoms with Crippen LogP contribution in [0.25, 0.3) is 0 Å². The Morgan fingerprint density at radius 3 is 1.23 bits per heavy atom. The molecule has 2 rings (SSSR count). The maximum absolute atomic E-state index is 10.6. The molecule has 0 saturated heterocycles. The van der Waals surface area contributed by atoms with Crippen LogP contribution in [-0.4, -0.2) is 80.2 Å². The van der Waals surface area contributed by atoms with E-state index in [-0.39, 0.29) is 37.7 Å². The molecule has 2 heterocycles. The average Bonchev–Trinajstić information content (AvgIpc) is 2.98. The molecular weight excluding hydrogens is 350 g/mol. The zero-order valence-electron chi connectivity index (χ0n) is 13.9. The van der Waals surface area contributed by atoms with Crippen LogP contribution in [0.2, 0.25) is 0 Å². The topological polar surface area (TPSA) is 220 Å². The van der Waals surface area contributed by atoms with Crippen molar-refractivity contribution < 1.29 is 97.6 Å². The Morgan fingerprint density at radius 2 is 1.08 bits per heavy atom. The van der Waals surface area contributed by atoms with E-state index < -0.39 is 72.6 Å². The van der Waals surface area contributed by atoms with Crippen molar-refractivity contribution in [2.75, 3.05) is 13.2 Å². The third kappa shape index (κ3) is 5.84. The molecule has 0 bridgehead atoms. The first-order valence-electron chi connectivity index (χ1n) is 6.35. The Kier molecular flexibility index (Phi) is 11.8. The molecule has 0 amide bonds. The van der Waals surface area contributed by atoms with Gasteiger partial charge in [-0.3, -0.25) is 0 Å². The van der Waals surface area contributed by atoms with Gasteiger partial charge in [-0.15, -0.1) is 0 Å². The molecule has 12 nitrogen and oxygen atoms in total. The maximum atomic E-state index is 10.6. The average molecular weight is 364 g/mol. The van der Waals surface area contributed by atoms with Gasteiger partial charge in [-0.1, -0.05) is 0 Å². The first-order valence-corrected chi connectivity index (χ1v) is 6.35. The SMILES string of the molecule is O=C1O[C@H]([C@@H](O)CO)C(O)=C1[O-].O=C1O[C@H]([C@@H](O)CO)C(O)=C1[O-].[Li+].[Li+]. The second kappa shape index (κ2) is 11.4. The number of rotatable bonds is 4. The van der Waals surface area contributed by atoms with Gasteiger partial charge in [-0.2, -0.15) is 0 Å². The van der Waals surface area contributed by atoms with Crippen molar-refractivity contribution in [1.82, 2.24) is 0 Å². The number of aliphatic hydroxyl groups is 6. The van der Waals surface area contributed by atoms with Gasteiger partial charge in [0.2, 0.25) is 0 Å². The standard InChI is InChI=1S/2C6H8O6.2Li/c2*7-1-2(8)5-3(9)4(10)6(11)12-5;;/h2*2,5,7-10H,1H2;;/q;;2*+1/p-2/t2*2-,5+;;/m00../s1. The zero-order chi connectivity index (χ0) is 18.6. The minimum Gasteiger partial charge on any atom is -0.865 e. The zero-order valence-corrected chi connectivity index (χ0v) is 13.9. The number of cyclic esters (lactones) is 2. The number of ether oxygens (including phenoxy) is 2. The summed E-state index contributed by atoms with van der Waals surface area (Å²) in [6.07, 6.45) is -5.76. The molecular formula is C12H14Li2O12. The van der Waals surface area contributed by atoms with Gasteiger partial charge in [0.1, 0.15) is 23.7 Å². The molecule has 0 spiro atoms. The maximum Gasteiger partial charge on any atom is 1.00 e. The molecule has 0 aromatic rings. The second-order valence-corrected chi connectivity index (χ2v) is 4.58. The molecule has 2 aliphatic rings. The van der Waals surface area contributed by atoms with Crippen LogP contribution in [-0.2, 0) is 19.1 Å². The number of aliphatic hydroxyl groups excluding tert-OH is 6. The van der Waals surface area contributed by atoms with Gasteiger partial charge in [-0.25, -0.2) is 9.59 Å². The molecule has 4 atom stereocenters. The summed E-state index contributed by atoms with van der Waals surface area (Å²) in [6.45, 7) is -1.40. The molecule has 0 aromatic heterocycles. The van der Waals surface area contributed by atoms with Crippen LogP contribution in [0, 0.1) is 0 Å². The summed E-state index contributed by atoms with van der Waals surface area (Å²) in [5.41, 5.74) is 0. The number of hydrogen-bond acceptors (Lipinski definition) is 12. The van der Waals surface area contributed by atoms with Crippen LogP contribution < -0.4 is 47.9 Å². The van der Waals surface area contributed by atoms with Gasteiger partial charge in [-0.05, 0) is 0 Å². The van der Waals surface area contributed by atoms with Crippen molar-refractivity contribution >= 4 is 11.9 Å². The van der Waals surface area contributed by atoms with E-state index >= 15 is 0 Å². The van der Waals surface area contributed by atoms with Gasteiger partial charge in [0.25, 0.3) is 0 Å². The van der Waals surface area contributed by atoms with E-state index in [2.05, 4.69) is 9.47 Å². The predicted molar refractivity (Wildman–Crippen MR) is 65.3 cm³/mol. The van der Waals surface area contributed by atoms with Crippen LogP contribution >= 0.6 is 0 Å². The molecule has 0 unspecified atom stereocenters. The van der Waals surface area contributed by atoms with E-state index in [4.69, 9.17) is 30.6 Å². The second-order valence-electron chi connectivity index (χ2n) is 4.58. The van der Waals surface area contributed by atoms with Crippen LogP contribution in [0.3, 0.4) is 0 Å². The van der Waals surface area contributed by atoms with Crippen molar-refractivity contribution in [3.63, 3.8) is 0 Å². The van der Waals surface area contributed by atoms with Crippen LogP contribution in [0.15, 0.2) is 23.0 Å². The Hall–Kier alpha value is -1.35. The molecule has 0 saturated carbocycles. The molecule has 0 fully saturated rings. The first kappa shape index (κ1) is 26.9. The number of carbonyl (C=O) groups excluding carboxylic acids is 2. The molecule has 136 valence electrons. The fraction of sp³-hybridized carbons (Fsp3) is 0.500. The van der Waals surface area contributed by atoms with Gasteiger partial charge < -0.3 is 50.3 Å². The largest absolute Gasteiger partial charge is 1.00 e. The van der Waals surface area contributed by atoms with E-state index in [0.29, 0.717) is 0 Å². The van der Waals surface area contributed by atoms with Crippen LogP contribution in [0.4, 0.5) is 0 Å². The molecule has 14 heteroatoms. The van der Waals surface area contributed by atoms with Gasteiger partial charge in [0.05, 0.1) is 13.2 Å². The summed E-state index contributed by atoms with van der Waals surface area (Å²) in [5, 5.41) is 73.5. The number of hydrogen-bond donors (Lipinski definition) is 6. The Labute approximate surface area is 170 Å². The Bertz CT molecular complexity index is 525. The van der Waals surface area contributed by atoms with Gasteiger partial charge in [0, 0.05) is 11.5 Å². The van der Waals surface area contributed by atoms with Gasteiger partial charge >= 0.3 is 49.7 Å². The first-order chi connectivity index (χ1) is 11.1. The molecule has 0 aliphatic carbocycles. The third-order valence-electron chi connectivity index (χ3n) is 2.92. The van der Waals surface area contributed by atoms with E-state index in [0.717, 1.165) is 0 Å². The predicted octanol–water partition coefficient (Wildman–Crippen LogP) is -11.2. The molecule has 2 aliphatic heterocycles. The van der Waals surface area contributed by atoms with Crippen molar-refractivity contribution in [3.05, 3.63) is 23.0 Å². The summed E-state index contributed by atoms with van der Waals surface area (Å²) in [7, 11) is 0. The number of esters is 2. The van der Waals surface area contributed by atoms with Crippen LogP contribution in [0.5, 0.6) is 0 Å². The molecule has 0 radical (unpaired) electrons. The summed E-state index contributed by atoms with van der Waals surface area (Å²) in [6, 6.07) is 0. The van der Waals surface area contributed by atoms with E-state index in [1.165, 1.54) is 0 Å². The molecule has 0 aromatic carbocycles. The summed E-state index contributed by atoms with van der Waals surface area (Å²) in [5.74, 6) is -6.50. The normalized spacial score (nSPS) is 23.8. The minimum absolute atomic E-state index is 0.